The molecule has 0 unspecified atom stereocenters. The van der Waals surface area contributed by atoms with Gasteiger partial charge in [0.15, 0.2) is 5.82 Å². The van der Waals surface area contributed by atoms with Crippen LogP contribution in [-0.4, -0.2) is 22.8 Å². The van der Waals surface area contributed by atoms with E-state index in [-0.39, 0.29) is 12.4 Å². The van der Waals surface area contributed by atoms with Gasteiger partial charge in [-0.1, -0.05) is 12.8 Å². The first-order valence-corrected chi connectivity index (χ1v) is 6.47. The van der Waals surface area contributed by atoms with Crippen LogP contribution in [0.2, 0.25) is 0 Å². The summed E-state index contributed by atoms with van der Waals surface area (Å²) in [5.74, 6) is 6.26. The molecule has 3 N–H and O–H groups in total. The second kappa shape index (κ2) is 6.36. The van der Waals surface area contributed by atoms with Gasteiger partial charge in [0.25, 0.3) is 0 Å². The van der Waals surface area contributed by atoms with Crippen molar-refractivity contribution >= 4 is 5.82 Å². The molecule has 1 aromatic rings. The Balaban J connectivity index is 2.05. The topological polar surface area (TPSA) is 73.1 Å². The number of ether oxygens (including phenoxy) is 1. The number of nitrogens with two attached hydrogens (primary N) is 1. The quantitative estimate of drug-likeness (QED) is 0.644. The number of alkyl halides is 3. The first-order chi connectivity index (χ1) is 9.48. The standard InChI is InChI=1S/C12H17F3N4O/c13-12(14,15)7-20-6-11-17-9(5-10(18-11)19-16)8-3-1-2-4-8/h5,8H,1-4,6-7,16H2,(H,17,18,19). The molecule has 1 aromatic heterocycles. The summed E-state index contributed by atoms with van der Waals surface area (Å²) in [6.07, 6.45) is -0.00825. The van der Waals surface area contributed by atoms with Crippen LogP contribution in [-0.2, 0) is 11.3 Å². The van der Waals surface area contributed by atoms with Gasteiger partial charge in [0.2, 0.25) is 0 Å². The Morgan fingerprint density at radius 1 is 1.30 bits per heavy atom. The van der Waals surface area contributed by atoms with E-state index in [0.717, 1.165) is 31.4 Å². The summed E-state index contributed by atoms with van der Waals surface area (Å²) in [6, 6.07) is 1.74. The summed E-state index contributed by atoms with van der Waals surface area (Å²) in [5.41, 5.74) is 3.22. The number of aromatic nitrogens is 2. The van der Waals surface area contributed by atoms with Crippen LogP contribution >= 0.6 is 0 Å². The van der Waals surface area contributed by atoms with Crippen molar-refractivity contribution in [2.75, 3.05) is 12.0 Å². The lowest BCUT2D eigenvalue weighted by molar-refractivity contribution is -0.177. The van der Waals surface area contributed by atoms with Crippen LogP contribution in [0.3, 0.4) is 0 Å². The highest BCUT2D eigenvalue weighted by atomic mass is 19.4. The van der Waals surface area contributed by atoms with Gasteiger partial charge in [0, 0.05) is 17.7 Å². The Kier molecular flexibility index (Phi) is 4.77. The van der Waals surface area contributed by atoms with Gasteiger partial charge in [-0.05, 0) is 12.8 Å². The molecule has 0 aliphatic heterocycles. The molecule has 0 radical (unpaired) electrons. The number of rotatable bonds is 5. The lowest BCUT2D eigenvalue weighted by Gasteiger charge is -2.13. The summed E-state index contributed by atoms with van der Waals surface area (Å²) in [7, 11) is 0. The number of nitrogens with one attached hydrogen (secondary N) is 1. The van der Waals surface area contributed by atoms with E-state index in [4.69, 9.17) is 5.84 Å². The predicted octanol–water partition coefficient (Wildman–Crippen LogP) is 2.50. The van der Waals surface area contributed by atoms with E-state index in [1.54, 1.807) is 6.07 Å². The zero-order valence-electron chi connectivity index (χ0n) is 10.9. The van der Waals surface area contributed by atoms with E-state index in [0.29, 0.717) is 11.7 Å². The fraction of sp³-hybridized carbons (Fsp3) is 0.667. The van der Waals surface area contributed by atoms with Crippen molar-refractivity contribution in [3.05, 3.63) is 17.6 Å². The summed E-state index contributed by atoms with van der Waals surface area (Å²) in [5, 5.41) is 0. The number of hydrazine groups is 1. The molecule has 0 bridgehead atoms. The highest BCUT2D eigenvalue weighted by Crippen LogP contribution is 2.33. The van der Waals surface area contributed by atoms with Crippen LogP contribution in [0, 0.1) is 0 Å². The number of hydrogen-bond donors (Lipinski definition) is 2. The average Bonchev–Trinajstić information content (AvgIpc) is 2.90. The van der Waals surface area contributed by atoms with Gasteiger partial charge in [-0.25, -0.2) is 15.8 Å². The molecule has 0 saturated heterocycles. The lowest BCUT2D eigenvalue weighted by Crippen LogP contribution is -2.18. The number of anilines is 1. The Labute approximate surface area is 114 Å². The predicted molar refractivity (Wildman–Crippen MR) is 66.8 cm³/mol. The zero-order chi connectivity index (χ0) is 14.6. The molecule has 0 amide bonds. The van der Waals surface area contributed by atoms with Crippen molar-refractivity contribution in [1.82, 2.24) is 9.97 Å². The van der Waals surface area contributed by atoms with Gasteiger partial charge >= 0.3 is 6.18 Å². The van der Waals surface area contributed by atoms with Gasteiger partial charge in [0.1, 0.15) is 19.0 Å². The summed E-state index contributed by atoms with van der Waals surface area (Å²) >= 11 is 0. The highest BCUT2D eigenvalue weighted by Gasteiger charge is 2.27. The molecule has 0 spiro atoms. The van der Waals surface area contributed by atoms with Gasteiger partial charge in [-0.3, -0.25) is 0 Å². The first-order valence-electron chi connectivity index (χ1n) is 6.47. The normalized spacial score (nSPS) is 16.6. The van der Waals surface area contributed by atoms with Crippen LogP contribution in [0.15, 0.2) is 6.07 Å². The highest BCUT2D eigenvalue weighted by molar-refractivity contribution is 5.35. The molecule has 8 heteroatoms. The van der Waals surface area contributed by atoms with Crippen LogP contribution < -0.4 is 11.3 Å². The zero-order valence-corrected chi connectivity index (χ0v) is 10.9. The SMILES string of the molecule is NNc1cc(C2CCCC2)nc(COCC(F)(F)F)n1. The van der Waals surface area contributed by atoms with Gasteiger partial charge < -0.3 is 10.2 Å². The number of nitrogens with zero attached hydrogens (tertiary/aromatic N) is 2. The molecule has 1 aliphatic rings. The molecule has 20 heavy (non-hydrogen) atoms. The van der Waals surface area contributed by atoms with E-state index < -0.39 is 12.8 Å². The van der Waals surface area contributed by atoms with Gasteiger partial charge in [-0.15, -0.1) is 0 Å². The van der Waals surface area contributed by atoms with Crippen molar-refractivity contribution in [2.45, 2.75) is 44.4 Å². The van der Waals surface area contributed by atoms with E-state index in [9.17, 15) is 13.2 Å². The first kappa shape index (κ1) is 15.0. The average molecular weight is 290 g/mol. The van der Waals surface area contributed by atoms with Crippen molar-refractivity contribution in [2.24, 2.45) is 5.84 Å². The van der Waals surface area contributed by atoms with Crippen LogP contribution in [0.25, 0.3) is 0 Å². The largest absolute Gasteiger partial charge is 0.411 e. The van der Waals surface area contributed by atoms with E-state index >= 15 is 0 Å². The molecule has 1 fully saturated rings. The number of hydrogen-bond acceptors (Lipinski definition) is 5. The fourth-order valence-electron chi connectivity index (χ4n) is 2.34. The monoisotopic (exact) mass is 290 g/mol. The molecule has 1 aliphatic carbocycles. The Hall–Kier alpha value is -1.41. The second-order valence-electron chi connectivity index (χ2n) is 4.83. The molecule has 0 aromatic carbocycles. The minimum Gasteiger partial charge on any atom is -0.364 e. The fourth-order valence-corrected chi connectivity index (χ4v) is 2.34. The molecule has 1 heterocycles. The minimum atomic E-state index is -4.35. The van der Waals surface area contributed by atoms with Gasteiger partial charge in [0.05, 0.1) is 0 Å². The molecule has 5 nitrogen and oxygen atoms in total. The summed E-state index contributed by atoms with van der Waals surface area (Å²) < 4.78 is 40.7. The third-order valence-corrected chi connectivity index (χ3v) is 3.21. The maximum atomic E-state index is 12.0. The maximum absolute atomic E-state index is 12.0. The van der Waals surface area contributed by atoms with Crippen molar-refractivity contribution in [3.63, 3.8) is 0 Å². The van der Waals surface area contributed by atoms with Crippen LogP contribution in [0.1, 0.15) is 43.1 Å². The Morgan fingerprint density at radius 2 is 2.00 bits per heavy atom. The molecule has 1 saturated carbocycles. The Bertz CT molecular complexity index is 447. The van der Waals surface area contributed by atoms with Gasteiger partial charge in [-0.2, -0.15) is 13.2 Å². The van der Waals surface area contributed by atoms with E-state index in [2.05, 4.69) is 20.1 Å². The summed E-state index contributed by atoms with van der Waals surface area (Å²) in [4.78, 5) is 8.29. The molecular weight excluding hydrogens is 273 g/mol. The smallest absolute Gasteiger partial charge is 0.364 e. The molecule has 0 atom stereocenters. The third-order valence-electron chi connectivity index (χ3n) is 3.21. The van der Waals surface area contributed by atoms with Crippen LogP contribution in [0.4, 0.5) is 19.0 Å². The maximum Gasteiger partial charge on any atom is 0.411 e. The molecule has 112 valence electrons. The van der Waals surface area contributed by atoms with Crippen LogP contribution in [0.5, 0.6) is 0 Å². The molecular formula is C12H17F3N4O. The number of halogens is 3. The van der Waals surface area contributed by atoms with Crippen molar-refractivity contribution < 1.29 is 17.9 Å². The lowest BCUT2D eigenvalue weighted by atomic mass is 10.0. The Morgan fingerprint density at radius 3 is 2.60 bits per heavy atom. The summed E-state index contributed by atoms with van der Waals surface area (Å²) in [6.45, 7) is -1.59. The van der Waals surface area contributed by atoms with E-state index in [1.165, 1.54) is 0 Å². The van der Waals surface area contributed by atoms with Crippen molar-refractivity contribution in [3.8, 4) is 0 Å². The van der Waals surface area contributed by atoms with E-state index in [1.807, 2.05) is 0 Å². The number of nitrogen functional groups attached to an aromatic ring is 1. The molecule has 2 rings (SSSR count). The third kappa shape index (κ3) is 4.31. The second-order valence-corrected chi connectivity index (χ2v) is 4.83. The minimum absolute atomic E-state index is 0.214. The van der Waals surface area contributed by atoms with Crippen molar-refractivity contribution in [1.29, 1.82) is 0 Å².